The van der Waals surface area contributed by atoms with Crippen molar-refractivity contribution in [3.8, 4) is 0 Å². The molecule has 0 N–H and O–H groups in total. The summed E-state index contributed by atoms with van der Waals surface area (Å²) in [5, 5.41) is 8.93. The summed E-state index contributed by atoms with van der Waals surface area (Å²) in [5.74, 6) is 0. The van der Waals surface area contributed by atoms with Crippen molar-refractivity contribution < 1.29 is 21.1 Å². The monoisotopic (exact) mass is 362 g/mol. The van der Waals surface area contributed by atoms with Gasteiger partial charge in [-0.05, 0) is 6.07 Å². The van der Waals surface area contributed by atoms with Crippen LogP contribution < -0.4 is 0 Å². The molecule has 0 aliphatic carbocycles. The Balaban J connectivity index is 0.000000980. The first kappa shape index (κ1) is 11.9. The van der Waals surface area contributed by atoms with Crippen molar-refractivity contribution in [1.82, 2.24) is 9.78 Å². The van der Waals surface area contributed by atoms with Gasteiger partial charge in [-0.25, -0.2) is 0 Å². The molecule has 3 nitrogen and oxygen atoms in total. The second-order valence-corrected chi connectivity index (χ2v) is 4.60. The van der Waals surface area contributed by atoms with Gasteiger partial charge in [-0.3, -0.25) is 4.68 Å². The fourth-order valence-electron chi connectivity index (χ4n) is 1.50. The molecule has 78 valence electrons. The van der Waals surface area contributed by atoms with Gasteiger partial charge in [-0.1, -0.05) is 20.8 Å². The van der Waals surface area contributed by atoms with Crippen molar-refractivity contribution in [2.75, 3.05) is 6.54 Å². The van der Waals surface area contributed by atoms with Crippen LogP contribution in [-0.4, -0.2) is 16.3 Å². The Kier molecular flexibility index (Phi) is 3.54. The van der Waals surface area contributed by atoms with Gasteiger partial charge >= 0.3 is 0 Å². The molecule has 1 aromatic heterocycles. The number of hydrogen-bond donors (Lipinski definition) is 0. The van der Waals surface area contributed by atoms with Gasteiger partial charge in [0.25, 0.3) is 0 Å². The van der Waals surface area contributed by atoms with Gasteiger partial charge in [-0.15, -0.1) is 13.1 Å². The Morgan fingerprint density at radius 3 is 2.71 bits per heavy atom. The summed E-state index contributed by atoms with van der Waals surface area (Å²) < 4.78 is 2.09. The SMILES string of the molecule is CC(C)(C)c1cc2n(n1)CC[N-]C2.[W]. The molecule has 1 aliphatic rings. The van der Waals surface area contributed by atoms with E-state index < -0.39 is 0 Å². The summed E-state index contributed by atoms with van der Waals surface area (Å²) in [6.45, 7) is 9.28. The second kappa shape index (κ2) is 4.16. The maximum atomic E-state index is 4.58. The van der Waals surface area contributed by atoms with E-state index in [-0.39, 0.29) is 26.5 Å². The van der Waals surface area contributed by atoms with Gasteiger partial charge in [0.2, 0.25) is 0 Å². The van der Waals surface area contributed by atoms with E-state index in [1.54, 1.807) is 0 Å². The number of fused-ring (bicyclic) bond motifs is 1. The van der Waals surface area contributed by atoms with Crippen LogP contribution in [0.2, 0.25) is 0 Å². The maximum Gasteiger partial charge on any atom is 0.0680 e. The molecule has 0 unspecified atom stereocenters. The molecule has 1 aliphatic heterocycles. The minimum absolute atomic E-state index is 0. The Bertz CT molecular complexity index is 288. The first-order chi connectivity index (χ1) is 6.07. The minimum atomic E-state index is 0. The largest absolute Gasteiger partial charge is 0.656 e. The molecular weight excluding hydrogens is 346 g/mol. The normalized spacial score (nSPS) is 15.9. The van der Waals surface area contributed by atoms with Gasteiger partial charge in [0.1, 0.15) is 0 Å². The molecule has 0 atom stereocenters. The average molecular weight is 362 g/mol. The summed E-state index contributed by atoms with van der Waals surface area (Å²) in [5.41, 5.74) is 2.60. The topological polar surface area (TPSA) is 31.9 Å². The van der Waals surface area contributed by atoms with Crippen LogP contribution in [0.15, 0.2) is 6.07 Å². The number of rotatable bonds is 0. The van der Waals surface area contributed by atoms with E-state index in [9.17, 15) is 0 Å². The van der Waals surface area contributed by atoms with Gasteiger partial charge in [0.15, 0.2) is 0 Å². The fraction of sp³-hybridized carbons (Fsp3) is 0.700. The zero-order chi connectivity index (χ0) is 9.47. The smallest absolute Gasteiger partial charge is 0.0680 e. The van der Waals surface area contributed by atoms with Crippen LogP contribution in [0, 0.1) is 0 Å². The predicted octanol–water partition coefficient (Wildman–Crippen LogP) is 2.07. The van der Waals surface area contributed by atoms with Crippen molar-refractivity contribution in [3.63, 3.8) is 0 Å². The molecule has 0 bridgehead atoms. The van der Waals surface area contributed by atoms with Gasteiger partial charge in [0.05, 0.1) is 5.69 Å². The summed E-state index contributed by atoms with van der Waals surface area (Å²) >= 11 is 0. The van der Waals surface area contributed by atoms with Gasteiger partial charge in [-0.2, -0.15) is 5.10 Å². The Labute approximate surface area is 99.5 Å². The third-order valence-corrected chi connectivity index (χ3v) is 2.38. The van der Waals surface area contributed by atoms with E-state index in [0.717, 1.165) is 19.6 Å². The summed E-state index contributed by atoms with van der Waals surface area (Å²) in [6.07, 6.45) is 0. The van der Waals surface area contributed by atoms with E-state index in [2.05, 4.69) is 41.9 Å². The third-order valence-electron chi connectivity index (χ3n) is 2.38. The van der Waals surface area contributed by atoms with Gasteiger partial charge < -0.3 is 5.32 Å². The molecule has 0 fully saturated rings. The minimum Gasteiger partial charge on any atom is -0.656 e. The molecule has 4 heteroatoms. The second-order valence-electron chi connectivity index (χ2n) is 4.60. The van der Waals surface area contributed by atoms with Crippen LogP contribution in [0.25, 0.3) is 5.32 Å². The first-order valence-electron chi connectivity index (χ1n) is 4.78. The van der Waals surface area contributed by atoms with E-state index in [1.165, 1.54) is 11.4 Å². The Morgan fingerprint density at radius 2 is 2.14 bits per heavy atom. The molecule has 0 radical (unpaired) electrons. The van der Waals surface area contributed by atoms with Crippen LogP contribution in [0.5, 0.6) is 0 Å². The molecule has 1 aromatic rings. The number of nitrogens with zero attached hydrogens (tertiary/aromatic N) is 3. The van der Waals surface area contributed by atoms with Crippen molar-refractivity contribution in [1.29, 1.82) is 0 Å². The van der Waals surface area contributed by atoms with E-state index in [1.807, 2.05) is 0 Å². The molecular formula is C10H16N3W-. The number of aromatic nitrogens is 2. The van der Waals surface area contributed by atoms with Gasteiger partial charge in [0, 0.05) is 38.7 Å². The Hall–Kier alpha value is -0.142. The number of hydrogen-bond acceptors (Lipinski definition) is 1. The molecule has 0 saturated carbocycles. The van der Waals surface area contributed by atoms with Crippen molar-refractivity contribution in [2.24, 2.45) is 0 Å². The maximum absolute atomic E-state index is 4.58. The van der Waals surface area contributed by atoms with Crippen LogP contribution in [-0.2, 0) is 39.6 Å². The van der Waals surface area contributed by atoms with E-state index in [0.29, 0.717) is 0 Å². The van der Waals surface area contributed by atoms with Crippen molar-refractivity contribution in [3.05, 3.63) is 22.8 Å². The molecule has 0 amide bonds. The average Bonchev–Trinajstić information content (AvgIpc) is 2.45. The summed E-state index contributed by atoms with van der Waals surface area (Å²) in [4.78, 5) is 0. The van der Waals surface area contributed by atoms with Crippen LogP contribution in [0.3, 0.4) is 0 Å². The molecule has 0 saturated heterocycles. The molecule has 2 rings (SSSR count). The molecule has 2 heterocycles. The molecule has 0 aromatic carbocycles. The molecule has 0 spiro atoms. The van der Waals surface area contributed by atoms with Crippen molar-refractivity contribution >= 4 is 0 Å². The summed E-state index contributed by atoms with van der Waals surface area (Å²) in [7, 11) is 0. The first-order valence-corrected chi connectivity index (χ1v) is 4.78. The summed E-state index contributed by atoms with van der Waals surface area (Å²) in [6, 6.07) is 2.18. The van der Waals surface area contributed by atoms with Crippen LogP contribution >= 0.6 is 0 Å². The van der Waals surface area contributed by atoms with Crippen LogP contribution in [0.4, 0.5) is 0 Å². The van der Waals surface area contributed by atoms with E-state index in [4.69, 9.17) is 0 Å². The third kappa shape index (κ3) is 2.26. The fourth-order valence-corrected chi connectivity index (χ4v) is 1.50. The van der Waals surface area contributed by atoms with Crippen molar-refractivity contribution in [2.45, 2.75) is 39.3 Å². The zero-order valence-electron chi connectivity index (χ0n) is 8.95. The Morgan fingerprint density at radius 1 is 1.43 bits per heavy atom. The quantitative estimate of drug-likeness (QED) is 0.696. The predicted molar refractivity (Wildman–Crippen MR) is 52.9 cm³/mol. The zero-order valence-corrected chi connectivity index (χ0v) is 11.9. The van der Waals surface area contributed by atoms with Crippen LogP contribution in [0.1, 0.15) is 32.2 Å². The van der Waals surface area contributed by atoms with E-state index >= 15 is 0 Å². The molecule has 14 heavy (non-hydrogen) atoms. The standard InChI is InChI=1S/C10H16N3.W/c1-10(2,3)9-6-8-7-11-4-5-13(8)12-9;/h6H,4-5,7H2,1-3H3;/q-1;.